The third-order valence-corrected chi connectivity index (χ3v) is 2.34. The molecule has 0 spiro atoms. The lowest BCUT2D eigenvalue weighted by molar-refractivity contribution is -0.141. The Hall–Kier alpha value is -1.98. The number of carbonyl (C=O) groups excluding carboxylic acids is 1. The molecule has 0 saturated carbocycles. The first-order chi connectivity index (χ1) is 7.52. The van der Waals surface area contributed by atoms with E-state index < -0.39 is 17.9 Å². The third-order valence-electron chi connectivity index (χ3n) is 2.34. The second-order valence-corrected chi connectivity index (χ2v) is 3.52. The molecule has 0 aliphatic heterocycles. The third kappa shape index (κ3) is 3.01. The van der Waals surface area contributed by atoms with Crippen molar-refractivity contribution in [3.8, 4) is 0 Å². The van der Waals surface area contributed by atoms with Gasteiger partial charge in [-0.25, -0.2) is 0 Å². The SMILES string of the molecule is CC(NC(=O)c1ccnnc1)C(C)C(=O)O. The molecule has 1 amide bonds. The molecule has 0 aromatic carbocycles. The lowest BCUT2D eigenvalue weighted by Gasteiger charge is -2.17. The Morgan fingerprint density at radius 3 is 2.56 bits per heavy atom. The van der Waals surface area contributed by atoms with Crippen molar-refractivity contribution in [3.05, 3.63) is 24.0 Å². The van der Waals surface area contributed by atoms with E-state index in [2.05, 4.69) is 15.5 Å². The van der Waals surface area contributed by atoms with Gasteiger partial charge in [-0.3, -0.25) is 9.59 Å². The molecule has 16 heavy (non-hydrogen) atoms. The normalized spacial score (nSPS) is 13.9. The number of carbonyl (C=O) groups is 2. The van der Waals surface area contributed by atoms with Crippen molar-refractivity contribution in [3.63, 3.8) is 0 Å². The van der Waals surface area contributed by atoms with Gasteiger partial charge in [0.15, 0.2) is 0 Å². The molecule has 2 N–H and O–H groups in total. The van der Waals surface area contributed by atoms with Crippen molar-refractivity contribution in [1.29, 1.82) is 0 Å². The van der Waals surface area contributed by atoms with Crippen LogP contribution in [0.3, 0.4) is 0 Å². The summed E-state index contributed by atoms with van der Waals surface area (Å²) in [6.07, 6.45) is 2.73. The Bertz CT molecular complexity index is 380. The summed E-state index contributed by atoms with van der Waals surface area (Å²) < 4.78 is 0. The van der Waals surface area contributed by atoms with E-state index in [-0.39, 0.29) is 5.91 Å². The summed E-state index contributed by atoms with van der Waals surface area (Å²) in [5, 5.41) is 18.5. The smallest absolute Gasteiger partial charge is 0.308 e. The van der Waals surface area contributed by atoms with Crippen LogP contribution in [0.5, 0.6) is 0 Å². The quantitative estimate of drug-likeness (QED) is 0.766. The molecule has 2 atom stereocenters. The van der Waals surface area contributed by atoms with Crippen LogP contribution in [0.1, 0.15) is 24.2 Å². The van der Waals surface area contributed by atoms with Gasteiger partial charge < -0.3 is 10.4 Å². The van der Waals surface area contributed by atoms with Gasteiger partial charge in [0.25, 0.3) is 5.91 Å². The van der Waals surface area contributed by atoms with Gasteiger partial charge >= 0.3 is 5.97 Å². The number of hydrogen-bond donors (Lipinski definition) is 2. The second kappa shape index (κ2) is 5.20. The molecule has 2 unspecified atom stereocenters. The van der Waals surface area contributed by atoms with Crippen LogP contribution in [0.25, 0.3) is 0 Å². The van der Waals surface area contributed by atoms with Crippen molar-refractivity contribution in [2.45, 2.75) is 19.9 Å². The van der Waals surface area contributed by atoms with Gasteiger partial charge in [-0.2, -0.15) is 10.2 Å². The molecule has 1 aromatic heterocycles. The van der Waals surface area contributed by atoms with Gasteiger partial charge in [0.2, 0.25) is 0 Å². The number of carboxylic acids is 1. The number of nitrogens with one attached hydrogen (secondary N) is 1. The largest absolute Gasteiger partial charge is 0.481 e. The van der Waals surface area contributed by atoms with E-state index in [4.69, 9.17) is 5.11 Å². The molecule has 0 fully saturated rings. The van der Waals surface area contributed by atoms with Gasteiger partial charge in [-0.05, 0) is 19.9 Å². The first kappa shape index (κ1) is 12.1. The van der Waals surface area contributed by atoms with E-state index in [1.54, 1.807) is 6.92 Å². The fourth-order valence-electron chi connectivity index (χ4n) is 1.05. The van der Waals surface area contributed by atoms with Crippen LogP contribution >= 0.6 is 0 Å². The molecule has 0 aliphatic rings. The van der Waals surface area contributed by atoms with E-state index in [9.17, 15) is 9.59 Å². The van der Waals surface area contributed by atoms with Crippen LogP contribution in [-0.4, -0.2) is 33.2 Å². The highest BCUT2D eigenvalue weighted by molar-refractivity contribution is 5.94. The number of rotatable bonds is 4. The number of amides is 1. The summed E-state index contributed by atoms with van der Waals surface area (Å²) in [7, 11) is 0. The van der Waals surface area contributed by atoms with Gasteiger partial charge in [0, 0.05) is 6.04 Å². The van der Waals surface area contributed by atoms with Gasteiger partial charge in [-0.1, -0.05) is 0 Å². The molecule has 0 aliphatic carbocycles. The molecule has 6 nitrogen and oxygen atoms in total. The number of aromatic nitrogens is 2. The molecular formula is C10H13N3O3. The summed E-state index contributed by atoms with van der Waals surface area (Å²) in [6, 6.07) is 1.07. The Labute approximate surface area is 92.7 Å². The molecule has 0 saturated heterocycles. The fourth-order valence-corrected chi connectivity index (χ4v) is 1.05. The highest BCUT2D eigenvalue weighted by atomic mass is 16.4. The Morgan fingerprint density at radius 2 is 2.06 bits per heavy atom. The molecule has 6 heteroatoms. The number of aliphatic carboxylic acids is 1. The molecule has 0 radical (unpaired) electrons. The fraction of sp³-hybridized carbons (Fsp3) is 0.400. The molecular weight excluding hydrogens is 210 g/mol. The zero-order chi connectivity index (χ0) is 12.1. The molecule has 1 aromatic rings. The van der Waals surface area contributed by atoms with E-state index >= 15 is 0 Å². The Morgan fingerprint density at radius 1 is 1.38 bits per heavy atom. The maximum atomic E-state index is 11.6. The van der Waals surface area contributed by atoms with Crippen molar-refractivity contribution >= 4 is 11.9 Å². The minimum atomic E-state index is -0.944. The summed E-state index contributed by atoms with van der Waals surface area (Å²) in [5.74, 6) is -1.94. The Kier molecular flexibility index (Phi) is 3.93. The summed E-state index contributed by atoms with van der Waals surface area (Å²) in [4.78, 5) is 22.3. The average molecular weight is 223 g/mol. The number of carboxylic acid groups (broad SMARTS) is 1. The standard InChI is InChI=1S/C10H13N3O3/c1-6(10(15)16)7(2)13-9(14)8-3-4-11-12-5-8/h3-7H,1-2H3,(H,13,14)(H,15,16). The topological polar surface area (TPSA) is 92.2 Å². The second-order valence-electron chi connectivity index (χ2n) is 3.52. The molecule has 0 bridgehead atoms. The van der Waals surface area contributed by atoms with E-state index in [1.165, 1.54) is 25.4 Å². The van der Waals surface area contributed by atoms with Crippen LogP contribution in [0.15, 0.2) is 18.5 Å². The molecule has 1 rings (SSSR count). The Balaban J connectivity index is 2.62. The lowest BCUT2D eigenvalue weighted by atomic mass is 10.0. The van der Waals surface area contributed by atoms with Crippen molar-refractivity contribution in [2.75, 3.05) is 0 Å². The minimum absolute atomic E-state index is 0.351. The predicted molar refractivity (Wildman–Crippen MR) is 55.8 cm³/mol. The summed E-state index contributed by atoms with van der Waals surface area (Å²) in [5.41, 5.74) is 0.361. The first-order valence-corrected chi connectivity index (χ1v) is 4.82. The van der Waals surface area contributed by atoms with Crippen molar-refractivity contribution in [2.24, 2.45) is 5.92 Å². The van der Waals surface area contributed by atoms with Crippen LogP contribution in [0, 0.1) is 5.92 Å². The molecule has 86 valence electrons. The maximum absolute atomic E-state index is 11.6. The van der Waals surface area contributed by atoms with E-state index in [0.29, 0.717) is 5.56 Å². The zero-order valence-corrected chi connectivity index (χ0v) is 9.04. The first-order valence-electron chi connectivity index (χ1n) is 4.82. The summed E-state index contributed by atoms with van der Waals surface area (Å²) in [6.45, 7) is 3.18. The molecule has 1 heterocycles. The predicted octanol–water partition coefficient (Wildman–Crippen LogP) is 0.316. The van der Waals surface area contributed by atoms with Crippen molar-refractivity contribution in [1.82, 2.24) is 15.5 Å². The highest BCUT2D eigenvalue weighted by Crippen LogP contribution is 2.04. The average Bonchev–Trinajstić information content (AvgIpc) is 2.28. The van der Waals surface area contributed by atoms with E-state index in [0.717, 1.165) is 0 Å². The van der Waals surface area contributed by atoms with Gasteiger partial charge in [-0.15, -0.1) is 0 Å². The van der Waals surface area contributed by atoms with Crippen LogP contribution in [0.2, 0.25) is 0 Å². The van der Waals surface area contributed by atoms with Gasteiger partial charge in [0.1, 0.15) is 0 Å². The lowest BCUT2D eigenvalue weighted by Crippen LogP contribution is -2.40. The number of hydrogen-bond acceptors (Lipinski definition) is 4. The number of nitrogens with zero attached hydrogens (tertiary/aromatic N) is 2. The minimum Gasteiger partial charge on any atom is -0.481 e. The van der Waals surface area contributed by atoms with Gasteiger partial charge in [0.05, 0.1) is 23.9 Å². The monoisotopic (exact) mass is 223 g/mol. The highest BCUT2D eigenvalue weighted by Gasteiger charge is 2.21. The van der Waals surface area contributed by atoms with Crippen LogP contribution in [-0.2, 0) is 4.79 Å². The maximum Gasteiger partial charge on any atom is 0.308 e. The van der Waals surface area contributed by atoms with Crippen LogP contribution in [0.4, 0.5) is 0 Å². The van der Waals surface area contributed by atoms with E-state index in [1.807, 2.05) is 0 Å². The van der Waals surface area contributed by atoms with Crippen molar-refractivity contribution < 1.29 is 14.7 Å². The van der Waals surface area contributed by atoms with Crippen LogP contribution < -0.4 is 5.32 Å². The zero-order valence-electron chi connectivity index (χ0n) is 9.04. The summed E-state index contributed by atoms with van der Waals surface area (Å²) >= 11 is 0.